The second-order valence-corrected chi connectivity index (χ2v) is 2.16. The molecule has 0 rings (SSSR count). The van der Waals surface area contributed by atoms with Crippen molar-refractivity contribution < 1.29 is 9.53 Å². The molecule has 0 atom stereocenters. The van der Waals surface area contributed by atoms with Crippen LogP contribution in [0.1, 0.15) is 6.92 Å². The van der Waals surface area contributed by atoms with E-state index >= 15 is 0 Å². The van der Waals surface area contributed by atoms with Crippen molar-refractivity contribution in [3.05, 3.63) is 0 Å². The minimum atomic E-state index is -0.346. The molecule has 0 saturated heterocycles. The maximum atomic E-state index is 10.2. The molecule has 0 heterocycles. The van der Waals surface area contributed by atoms with E-state index in [1.165, 1.54) is 6.92 Å². The van der Waals surface area contributed by atoms with E-state index in [2.05, 4.69) is 4.74 Å². The SMILES string of the molecule is CC(=O)OC(CCl)CCl. The van der Waals surface area contributed by atoms with Gasteiger partial charge in [-0.15, -0.1) is 23.2 Å². The summed E-state index contributed by atoms with van der Waals surface area (Å²) in [7, 11) is 0. The third-order valence-corrected chi connectivity index (χ3v) is 1.37. The molecule has 0 saturated carbocycles. The molecule has 0 aromatic rings. The van der Waals surface area contributed by atoms with Gasteiger partial charge in [0.2, 0.25) is 0 Å². The summed E-state index contributed by atoms with van der Waals surface area (Å²) >= 11 is 10.7. The van der Waals surface area contributed by atoms with E-state index in [4.69, 9.17) is 23.2 Å². The number of halogens is 2. The predicted octanol–water partition coefficient (Wildman–Crippen LogP) is 1.40. The lowest BCUT2D eigenvalue weighted by Gasteiger charge is -2.08. The molecular weight excluding hydrogens is 163 g/mol. The first-order chi connectivity index (χ1) is 4.20. The number of hydrogen-bond acceptors (Lipinski definition) is 2. The summed E-state index contributed by atoms with van der Waals surface area (Å²) in [6, 6.07) is 0. The fourth-order valence-corrected chi connectivity index (χ4v) is 0.795. The highest BCUT2D eigenvalue weighted by molar-refractivity contribution is 6.21. The van der Waals surface area contributed by atoms with Gasteiger partial charge in [0.25, 0.3) is 0 Å². The molecule has 0 bridgehead atoms. The normalized spacial score (nSPS) is 9.78. The average Bonchev–Trinajstić information content (AvgIpc) is 1.82. The summed E-state index contributed by atoms with van der Waals surface area (Å²) in [4.78, 5) is 10.2. The molecule has 0 aliphatic heterocycles. The number of carbonyl (C=O) groups is 1. The van der Waals surface area contributed by atoms with Crippen LogP contribution in [0.5, 0.6) is 0 Å². The zero-order chi connectivity index (χ0) is 7.28. The minimum absolute atomic E-state index is 0.253. The molecule has 4 heteroatoms. The number of rotatable bonds is 3. The molecule has 0 N–H and O–H groups in total. The highest BCUT2D eigenvalue weighted by Gasteiger charge is 2.07. The predicted molar refractivity (Wildman–Crippen MR) is 37.0 cm³/mol. The molecule has 0 aliphatic rings. The van der Waals surface area contributed by atoms with Gasteiger partial charge in [0, 0.05) is 6.92 Å². The first kappa shape index (κ1) is 9.05. The first-order valence-electron chi connectivity index (χ1n) is 2.49. The Bertz CT molecular complexity index is 91.0. The van der Waals surface area contributed by atoms with Crippen LogP contribution in [0.4, 0.5) is 0 Å². The Balaban J connectivity index is 3.43. The highest BCUT2D eigenvalue weighted by atomic mass is 35.5. The molecule has 0 fully saturated rings. The van der Waals surface area contributed by atoms with E-state index < -0.39 is 0 Å². The van der Waals surface area contributed by atoms with E-state index in [-0.39, 0.29) is 23.8 Å². The van der Waals surface area contributed by atoms with Gasteiger partial charge in [-0.3, -0.25) is 4.79 Å². The smallest absolute Gasteiger partial charge is 0.302 e. The molecule has 0 aliphatic carbocycles. The highest BCUT2D eigenvalue weighted by Crippen LogP contribution is 1.97. The van der Waals surface area contributed by atoms with Crippen LogP contribution in [0.15, 0.2) is 0 Å². The van der Waals surface area contributed by atoms with Gasteiger partial charge < -0.3 is 4.74 Å². The maximum absolute atomic E-state index is 10.2. The van der Waals surface area contributed by atoms with Crippen LogP contribution in [0.3, 0.4) is 0 Å². The molecule has 0 amide bonds. The monoisotopic (exact) mass is 170 g/mol. The molecule has 0 aromatic heterocycles. The van der Waals surface area contributed by atoms with Crippen molar-refractivity contribution in [2.45, 2.75) is 13.0 Å². The van der Waals surface area contributed by atoms with Crippen LogP contribution in [-0.2, 0) is 9.53 Å². The van der Waals surface area contributed by atoms with Crippen molar-refractivity contribution in [1.82, 2.24) is 0 Å². The van der Waals surface area contributed by atoms with Gasteiger partial charge >= 0.3 is 5.97 Å². The Morgan fingerprint density at radius 3 is 2.11 bits per heavy atom. The lowest BCUT2D eigenvalue weighted by Crippen LogP contribution is -2.19. The number of esters is 1. The molecule has 0 aromatic carbocycles. The number of alkyl halides is 2. The summed E-state index contributed by atoms with van der Waals surface area (Å²) < 4.78 is 4.65. The van der Waals surface area contributed by atoms with Crippen LogP contribution in [0.25, 0.3) is 0 Å². The molecular formula is C5H8Cl2O2. The minimum Gasteiger partial charge on any atom is -0.460 e. The van der Waals surface area contributed by atoms with Crippen LogP contribution in [0.2, 0.25) is 0 Å². The Labute approximate surface area is 64.1 Å². The second-order valence-electron chi connectivity index (χ2n) is 1.54. The van der Waals surface area contributed by atoms with Crippen LogP contribution >= 0.6 is 23.2 Å². The molecule has 0 spiro atoms. The van der Waals surface area contributed by atoms with Crippen molar-refractivity contribution in [3.63, 3.8) is 0 Å². The molecule has 9 heavy (non-hydrogen) atoms. The Morgan fingerprint density at radius 1 is 1.56 bits per heavy atom. The summed E-state index contributed by atoms with van der Waals surface area (Å²) in [5.74, 6) is 0.160. The summed E-state index contributed by atoms with van der Waals surface area (Å²) in [5.41, 5.74) is 0. The van der Waals surface area contributed by atoms with E-state index in [1.807, 2.05) is 0 Å². The maximum Gasteiger partial charge on any atom is 0.302 e. The van der Waals surface area contributed by atoms with Crippen molar-refractivity contribution in [2.24, 2.45) is 0 Å². The van der Waals surface area contributed by atoms with Crippen molar-refractivity contribution in [1.29, 1.82) is 0 Å². The zero-order valence-electron chi connectivity index (χ0n) is 5.06. The Morgan fingerprint density at radius 2 is 2.00 bits per heavy atom. The van der Waals surface area contributed by atoms with Gasteiger partial charge in [0.15, 0.2) is 0 Å². The molecule has 0 unspecified atom stereocenters. The molecule has 54 valence electrons. The number of hydrogen-bond donors (Lipinski definition) is 0. The summed E-state index contributed by atoms with van der Waals surface area (Å²) in [5, 5.41) is 0. The van der Waals surface area contributed by atoms with Gasteiger partial charge in [-0.05, 0) is 0 Å². The van der Waals surface area contributed by atoms with Gasteiger partial charge in [0.05, 0.1) is 11.8 Å². The van der Waals surface area contributed by atoms with Crippen molar-refractivity contribution >= 4 is 29.2 Å². The van der Waals surface area contributed by atoms with Gasteiger partial charge in [0.1, 0.15) is 6.10 Å². The van der Waals surface area contributed by atoms with Crippen molar-refractivity contribution in [2.75, 3.05) is 11.8 Å². The fourth-order valence-electron chi connectivity index (χ4n) is 0.339. The standard InChI is InChI=1S/C5H8Cl2O2/c1-4(8)9-5(2-6)3-7/h5H,2-3H2,1H3. The largest absolute Gasteiger partial charge is 0.460 e. The first-order valence-corrected chi connectivity index (χ1v) is 3.56. The third kappa shape index (κ3) is 4.55. The van der Waals surface area contributed by atoms with Gasteiger partial charge in [-0.2, -0.15) is 0 Å². The van der Waals surface area contributed by atoms with E-state index in [0.717, 1.165) is 0 Å². The fraction of sp³-hybridized carbons (Fsp3) is 0.800. The number of ether oxygens (including phenoxy) is 1. The van der Waals surface area contributed by atoms with Crippen LogP contribution in [0, 0.1) is 0 Å². The third-order valence-electron chi connectivity index (χ3n) is 0.677. The van der Waals surface area contributed by atoms with Crippen LogP contribution < -0.4 is 0 Å². The van der Waals surface area contributed by atoms with E-state index in [0.29, 0.717) is 0 Å². The summed E-state index contributed by atoms with van der Waals surface area (Å²) in [6.45, 7) is 1.33. The quantitative estimate of drug-likeness (QED) is 0.473. The summed E-state index contributed by atoms with van der Waals surface area (Å²) in [6.07, 6.45) is -0.342. The van der Waals surface area contributed by atoms with Gasteiger partial charge in [-0.1, -0.05) is 0 Å². The van der Waals surface area contributed by atoms with E-state index in [1.54, 1.807) is 0 Å². The average molecular weight is 171 g/mol. The Kier molecular flexibility index (Phi) is 4.91. The second kappa shape index (κ2) is 4.89. The Hall–Kier alpha value is 0.0500. The van der Waals surface area contributed by atoms with Crippen molar-refractivity contribution in [3.8, 4) is 0 Å². The number of carbonyl (C=O) groups excluding carboxylic acids is 1. The lowest BCUT2D eigenvalue weighted by molar-refractivity contribution is -0.144. The topological polar surface area (TPSA) is 26.3 Å². The molecule has 0 radical (unpaired) electrons. The lowest BCUT2D eigenvalue weighted by atomic mass is 10.5. The zero-order valence-corrected chi connectivity index (χ0v) is 6.58. The molecule has 2 nitrogen and oxygen atoms in total. The van der Waals surface area contributed by atoms with E-state index in [9.17, 15) is 4.79 Å². The van der Waals surface area contributed by atoms with Gasteiger partial charge in [-0.25, -0.2) is 0 Å². The van der Waals surface area contributed by atoms with Crippen LogP contribution in [-0.4, -0.2) is 23.8 Å².